The number of aryl methyl sites for hydroxylation is 1. The summed E-state index contributed by atoms with van der Waals surface area (Å²) in [5.74, 6) is 0.894. The number of fused-ring (bicyclic) bond motifs is 1. The second-order valence-corrected chi connectivity index (χ2v) is 7.25. The van der Waals surface area contributed by atoms with E-state index in [1.54, 1.807) is 0 Å². The van der Waals surface area contributed by atoms with Crippen LogP contribution in [-0.4, -0.2) is 29.7 Å². The molecular weight excluding hydrogens is 328 g/mol. The molecule has 0 aliphatic carbocycles. The molecule has 1 fully saturated rings. The molecule has 1 aliphatic rings. The van der Waals surface area contributed by atoms with Crippen molar-refractivity contribution in [3.63, 3.8) is 0 Å². The molecule has 1 amide bonds. The van der Waals surface area contributed by atoms with E-state index in [4.69, 9.17) is 4.42 Å². The fourth-order valence-corrected chi connectivity index (χ4v) is 3.54. The lowest BCUT2D eigenvalue weighted by Gasteiger charge is -2.14. The fourth-order valence-electron chi connectivity index (χ4n) is 3.54. The molecule has 2 atom stereocenters. The van der Waals surface area contributed by atoms with E-state index in [0.717, 1.165) is 28.7 Å². The molecule has 2 unspecified atom stereocenters. The van der Waals surface area contributed by atoms with Gasteiger partial charge in [-0.3, -0.25) is 4.79 Å². The average Bonchev–Trinajstić information content (AvgIpc) is 3.24. The zero-order valence-electron chi connectivity index (χ0n) is 15.6. The highest BCUT2D eigenvalue weighted by molar-refractivity contribution is 5.83. The highest BCUT2D eigenvalue weighted by atomic mass is 16.3. The van der Waals surface area contributed by atoms with Crippen molar-refractivity contribution >= 4 is 16.9 Å². The largest absolute Gasteiger partial charge is 0.461 e. The number of unbranched alkanes of at least 4 members (excludes halogenated alkanes) is 4. The molecule has 2 heterocycles. The third-order valence-electron chi connectivity index (χ3n) is 5.10. The quantitative estimate of drug-likeness (QED) is 0.601. The first-order valence-corrected chi connectivity index (χ1v) is 9.88. The molecule has 2 aromatic rings. The lowest BCUT2D eigenvalue weighted by molar-refractivity contribution is -0.124. The van der Waals surface area contributed by atoms with Crippen molar-refractivity contribution in [2.75, 3.05) is 6.54 Å². The molecule has 3 N–H and O–H groups in total. The van der Waals surface area contributed by atoms with Crippen molar-refractivity contribution in [2.45, 2.75) is 70.6 Å². The molecular formula is C21H30N2O3. The Hall–Kier alpha value is -1.85. The van der Waals surface area contributed by atoms with Crippen LogP contribution < -0.4 is 10.6 Å². The number of amides is 1. The molecule has 5 nitrogen and oxygen atoms in total. The van der Waals surface area contributed by atoms with E-state index in [-0.39, 0.29) is 5.91 Å². The maximum atomic E-state index is 12.1. The van der Waals surface area contributed by atoms with Gasteiger partial charge < -0.3 is 20.2 Å². The van der Waals surface area contributed by atoms with Crippen LogP contribution in [0.15, 0.2) is 28.7 Å². The normalized spacial score (nSPS) is 19.9. The number of furan rings is 1. The summed E-state index contributed by atoms with van der Waals surface area (Å²) in [5.41, 5.74) is 1.94. The Bertz CT molecular complexity index is 725. The van der Waals surface area contributed by atoms with E-state index < -0.39 is 12.1 Å². The van der Waals surface area contributed by atoms with Crippen molar-refractivity contribution in [3.05, 3.63) is 35.6 Å². The van der Waals surface area contributed by atoms with E-state index in [1.165, 1.54) is 32.1 Å². The van der Waals surface area contributed by atoms with Gasteiger partial charge in [-0.1, -0.05) is 38.7 Å². The first kappa shape index (κ1) is 18.9. The summed E-state index contributed by atoms with van der Waals surface area (Å²) in [4.78, 5) is 12.1. The zero-order chi connectivity index (χ0) is 18.4. The molecule has 1 aromatic carbocycles. The van der Waals surface area contributed by atoms with Gasteiger partial charge in [-0.05, 0) is 43.1 Å². The van der Waals surface area contributed by atoms with Crippen LogP contribution in [0.25, 0.3) is 11.0 Å². The minimum absolute atomic E-state index is 0.143. The van der Waals surface area contributed by atoms with Gasteiger partial charge in [-0.2, -0.15) is 0 Å². The number of hydrogen-bond donors (Lipinski definition) is 3. The molecule has 0 bridgehead atoms. The monoisotopic (exact) mass is 358 g/mol. The van der Waals surface area contributed by atoms with Crippen molar-refractivity contribution in [1.82, 2.24) is 10.6 Å². The van der Waals surface area contributed by atoms with Crippen LogP contribution in [-0.2, 0) is 17.8 Å². The Morgan fingerprint density at radius 1 is 1.27 bits per heavy atom. The summed E-state index contributed by atoms with van der Waals surface area (Å²) >= 11 is 0. The van der Waals surface area contributed by atoms with Gasteiger partial charge in [0.2, 0.25) is 5.91 Å². The molecule has 0 radical (unpaired) electrons. The predicted octanol–water partition coefficient (Wildman–Crippen LogP) is 3.28. The summed E-state index contributed by atoms with van der Waals surface area (Å²) in [6, 6.07) is 7.64. The molecule has 0 spiro atoms. The Morgan fingerprint density at radius 2 is 2.12 bits per heavy atom. The second-order valence-electron chi connectivity index (χ2n) is 7.25. The molecule has 142 valence electrons. The van der Waals surface area contributed by atoms with Crippen molar-refractivity contribution < 1.29 is 14.3 Å². The first-order chi connectivity index (χ1) is 12.7. The summed E-state index contributed by atoms with van der Waals surface area (Å²) in [6.07, 6.45) is 7.30. The molecule has 0 saturated carbocycles. The molecule has 3 rings (SSSR count). The number of nitrogens with one attached hydrogen (secondary N) is 2. The van der Waals surface area contributed by atoms with E-state index >= 15 is 0 Å². The Labute approximate surface area is 155 Å². The number of rotatable bonds is 9. The minimum atomic E-state index is -0.591. The van der Waals surface area contributed by atoms with Gasteiger partial charge in [0.15, 0.2) is 0 Å². The highest BCUT2D eigenvalue weighted by Gasteiger charge is 2.30. The maximum absolute atomic E-state index is 12.1. The van der Waals surface area contributed by atoms with Gasteiger partial charge in [0.1, 0.15) is 17.4 Å². The molecule has 5 heteroatoms. The van der Waals surface area contributed by atoms with Crippen molar-refractivity contribution in [3.8, 4) is 0 Å². The highest BCUT2D eigenvalue weighted by Crippen LogP contribution is 2.22. The third kappa shape index (κ3) is 4.86. The summed E-state index contributed by atoms with van der Waals surface area (Å²) in [7, 11) is 0. The maximum Gasteiger partial charge on any atom is 0.240 e. The van der Waals surface area contributed by atoms with E-state index in [9.17, 15) is 9.90 Å². The molecule has 1 saturated heterocycles. The summed E-state index contributed by atoms with van der Waals surface area (Å²) in [5, 5.41) is 16.8. The minimum Gasteiger partial charge on any atom is -0.461 e. The van der Waals surface area contributed by atoms with Gasteiger partial charge >= 0.3 is 0 Å². The van der Waals surface area contributed by atoms with Crippen LogP contribution in [0.5, 0.6) is 0 Å². The van der Waals surface area contributed by atoms with E-state index in [0.29, 0.717) is 19.5 Å². The fraction of sp³-hybridized carbons (Fsp3) is 0.571. The van der Waals surface area contributed by atoms with Crippen LogP contribution in [0.4, 0.5) is 0 Å². The van der Waals surface area contributed by atoms with Gasteiger partial charge in [0.25, 0.3) is 0 Å². The van der Waals surface area contributed by atoms with Crippen LogP contribution in [0.3, 0.4) is 0 Å². The van der Waals surface area contributed by atoms with Gasteiger partial charge in [-0.15, -0.1) is 0 Å². The van der Waals surface area contributed by atoms with Crippen LogP contribution in [0.2, 0.25) is 0 Å². The number of benzene rings is 1. The number of aliphatic hydroxyl groups excluding tert-OH is 1. The van der Waals surface area contributed by atoms with Crippen LogP contribution in [0, 0.1) is 0 Å². The third-order valence-corrected chi connectivity index (χ3v) is 5.10. The van der Waals surface area contributed by atoms with Crippen LogP contribution in [0.1, 0.15) is 56.8 Å². The number of aliphatic hydroxyl groups is 1. The summed E-state index contributed by atoms with van der Waals surface area (Å²) < 4.78 is 5.92. The predicted molar refractivity (Wildman–Crippen MR) is 103 cm³/mol. The Balaban J connectivity index is 1.52. The average molecular weight is 358 g/mol. The van der Waals surface area contributed by atoms with Gasteiger partial charge in [0, 0.05) is 18.4 Å². The lowest BCUT2D eigenvalue weighted by atomic mass is 10.1. The Morgan fingerprint density at radius 3 is 2.88 bits per heavy atom. The lowest BCUT2D eigenvalue weighted by Crippen LogP contribution is -2.45. The molecule has 1 aliphatic heterocycles. The number of carbonyl (C=O) groups is 1. The van der Waals surface area contributed by atoms with Gasteiger partial charge in [0.05, 0.1) is 6.10 Å². The topological polar surface area (TPSA) is 74.5 Å². The number of carbonyl (C=O) groups excluding carboxylic acids is 1. The van der Waals surface area contributed by atoms with Crippen molar-refractivity contribution in [2.24, 2.45) is 0 Å². The molecule has 1 aromatic heterocycles. The van der Waals surface area contributed by atoms with Crippen LogP contribution >= 0.6 is 0 Å². The van der Waals surface area contributed by atoms with Crippen molar-refractivity contribution in [1.29, 1.82) is 0 Å². The first-order valence-electron chi connectivity index (χ1n) is 9.88. The summed E-state index contributed by atoms with van der Waals surface area (Å²) in [6.45, 7) is 3.37. The SMILES string of the molecule is CCCCCCCc1cc2cc(CNC(=O)C3NCCC3O)ccc2o1. The standard InChI is InChI=1S/C21H30N2O3/c1-2-3-4-5-6-7-17-13-16-12-15(8-9-19(16)26-17)14-23-21(25)20-18(24)10-11-22-20/h8-9,12-13,18,20,22,24H,2-7,10-11,14H2,1H3,(H,23,25). The van der Waals surface area contributed by atoms with E-state index in [2.05, 4.69) is 29.7 Å². The zero-order valence-corrected chi connectivity index (χ0v) is 15.6. The van der Waals surface area contributed by atoms with Gasteiger partial charge in [-0.25, -0.2) is 0 Å². The second kappa shape index (κ2) is 9.19. The number of hydrogen-bond acceptors (Lipinski definition) is 4. The smallest absolute Gasteiger partial charge is 0.240 e. The Kier molecular flexibility index (Phi) is 6.69. The van der Waals surface area contributed by atoms with E-state index in [1.807, 2.05) is 12.1 Å². The molecule has 26 heavy (non-hydrogen) atoms.